The molecule has 1 atom stereocenters. The normalized spacial score (nSPS) is 12.4. The van der Waals surface area contributed by atoms with Gasteiger partial charge in [-0.25, -0.2) is 15.0 Å². The van der Waals surface area contributed by atoms with Crippen molar-refractivity contribution in [3.05, 3.63) is 47.5 Å². The van der Waals surface area contributed by atoms with Gasteiger partial charge in [-0.1, -0.05) is 0 Å². The Morgan fingerprint density at radius 1 is 1.18 bits per heavy atom. The van der Waals surface area contributed by atoms with Gasteiger partial charge >= 0.3 is 6.18 Å². The number of alkyl halides is 3. The Kier molecular flexibility index (Phi) is 5.83. The van der Waals surface area contributed by atoms with Gasteiger partial charge in [-0.05, 0) is 30.6 Å². The zero-order valence-corrected chi connectivity index (χ0v) is 15.2. The maximum Gasteiger partial charge on any atom is 0.422 e. The zero-order chi connectivity index (χ0) is 20.1. The van der Waals surface area contributed by atoms with Gasteiger partial charge < -0.3 is 9.47 Å². The maximum absolute atomic E-state index is 12.1. The van der Waals surface area contributed by atoms with E-state index in [0.717, 1.165) is 4.88 Å². The number of hydrogen-bond donors (Lipinski definition) is 0. The summed E-state index contributed by atoms with van der Waals surface area (Å²) in [5.74, 6) is 0.322. The molecule has 7 nitrogen and oxygen atoms in total. The molecule has 3 aromatic rings. The van der Waals surface area contributed by atoms with Gasteiger partial charge in [0.1, 0.15) is 11.9 Å². The van der Waals surface area contributed by atoms with Crippen LogP contribution in [0.5, 0.6) is 11.6 Å². The second-order valence-electron chi connectivity index (χ2n) is 5.56. The summed E-state index contributed by atoms with van der Waals surface area (Å²) in [4.78, 5) is 23.0. The van der Waals surface area contributed by atoms with Crippen molar-refractivity contribution in [2.24, 2.45) is 0 Å². The maximum atomic E-state index is 12.1. The fourth-order valence-corrected chi connectivity index (χ4v) is 2.81. The molecule has 1 unspecified atom stereocenters. The molecule has 3 aromatic heterocycles. The third-order valence-electron chi connectivity index (χ3n) is 3.41. The number of aromatic nitrogens is 4. The van der Waals surface area contributed by atoms with Crippen LogP contribution in [-0.2, 0) is 0 Å². The van der Waals surface area contributed by atoms with Gasteiger partial charge in [0.15, 0.2) is 18.7 Å². The Bertz CT molecular complexity index is 930. The Morgan fingerprint density at radius 2 is 1.93 bits per heavy atom. The summed E-state index contributed by atoms with van der Waals surface area (Å²) < 4.78 is 51.0. The van der Waals surface area contributed by atoms with E-state index >= 15 is 0 Å². The van der Waals surface area contributed by atoms with E-state index in [-0.39, 0.29) is 17.8 Å². The van der Waals surface area contributed by atoms with Crippen molar-refractivity contribution in [2.75, 3.05) is 6.61 Å². The SMILES string of the molecule is CC(Oc1ccc(OCC(F)(F)F)nc1)c1cc(-c2cnc(C=O)nc2)ns1. The van der Waals surface area contributed by atoms with Crippen LogP contribution < -0.4 is 9.47 Å². The highest BCUT2D eigenvalue weighted by Gasteiger charge is 2.28. The van der Waals surface area contributed by atoms with E-state index in [4.69, 9.17) is 4.74 Å². The van der Waals surface area contributed by atoms with E-state index in [9.17, 15) is 18.0 Å². The van der Waals surface area contributed by atoms with Crippen molar-refractivity contribution in [1.29, 1.82) is 0 Å². The average molecular weight is 410 g/mol. The van der Waals surface area contributed by atoms with Crippen LogP contribution in [0.3, 0.4) is 0 Å². The van der Waals surface area contributed by atoms with Crippen molar-refractivity contribution in [1.82, 2.24) is 19.3 Å². The lowest BCUT2D eigenvalue weighted by molar-refractivity contribution is -0.154. The third-order valence-corrected chi connectivity index (χ3v) is 4.36. The van der Waals surface area contributed by atoms with Crippen LogP contribution in [-0.4, -0.2) is 38.4 Å². The fraction of sp³-hybridized carbons (Fsp3) is 0.235. The van der Waals surface area contributed by atoms with Crippen molar-refractivity contribution in [3.8, 4) is 22.9 Å². The molecule has 0 bridgehead atoms. The molecule has 11 heteroatoms. The molecule has 0 saturated heterocycles. The first kappa shape index (κ1) is 19.7. The first-order valence-corrected chi connectivity index (χ1v) is 8.68. The van der Waals surface area contributed by atoms with E-state index in [2.05, 4.69) is 24.1 Å². The summed E-state index contributed by atoms with van der Waals surface area (Å²) in [6.07, 6.45) is 0.0593. The predicted octanol–water partition coefficient (Wildman–Crippen LogP) is 3.89. The molecule has 0 saturated carbocycles. The summed E-state index contributed by atoms with van der Waals surface area (Å²) in [5.41, 5.74) is 1.30. The number of nitrogens with zero attached hydrogens (tertiary/aromatic N) is 4. The third kappa shape index (κ3) is 5.22. The zero-order valence-electron chi connectivity index (χ0n) is 14.4. The summed E-state index contributed by atoms with van der Waals surface area (Å²) in [6.45, 7) is 0.398. The number of carbonyl (C=O) groups excluding carboxylic acids is 1. The number of pyridine rings is 1. The molecular formula is C17H13F3N4O3S. The van der Waals surface area contributed by atoms with Gasteiger partial charge in [0, 0.05) is 24.0 Å². The summed E-state index contributed by atoms with van der Waals surface area (Å²) in [5, 5.41) is 0. The lowest BCUT2D eigenvalue weighted by atomic mass is 10.2. The number of halogens is 3. The Labute approximate surface area is 161 Å². The number of aldehydes is 1. The predicted molar refractivity (Wildman–Crippen MR) is 93.4 cm³/mol. The average Bonchev–Trinajstić information content (AvgIpc) is 3.17. The quantitative estimate of drug-likeness (QED) is 0.546. The van der Waals surface area contributed by atoms with Crippen molar-refractivity contribution in [2.45, 2.75) is 19.2 Å². The molecule has 0 amide bonds. The van der Waals surface area contributed by atoms with Crippen molar-refractivity contribution < 1.29 is 27.4 Å². The minimum atomic E-state index is -4.42. The highest BCUT2D eigenvalue weighted by Crippen LogP contribution is 2.29. The molecule has 0 spiro atoms. The molecular weight excluding hydrogens is 397 g/mol. The lowest BCUT2D eigenvalue weighted by Gasteiger charge is -2.13. The van der Waals surface area contributed by atoms with Crippen LogP contribution in [0.15, 0.2) is 36.8 Å². The van der Waals surface area contributed by atoms with E-state index in [1.165, 1.54) is 42.3 Å². The van der Waals surface area contributed by atoms with Crippen LogP contribution in [0.1, 0.15) is 28.5 Å². The number of carbonyl (C=O) groups is 1. The molecule has 0 aliphatic carbocycles. The van der Waals surface area contributed by atoms with Gasteiger partial charge in [-0.15, -0.1) is 0 Å². The van der Waals surface area contributed by atoms with Crippen molar-refractivity contribution >= 4 is 17.8 Å². The van der Waals surface area contributed by atoms with Crippen LogP contribution in [0.4, 0.5) is 13.2 Å². The number of rotatable bonds is 7. The Morgan fingerprint density at radius 3 is 2.54 bits per heavy atom. The molecule has 3 rings (SSSR count). The standard InChI is InChI=1S/C17H13F3N4O3S/c1-10(27-12-2-3-16(23-7-12)26-9-17(18,19)20)14-4-13(24-28-14)11-5-21-15(8-25)22-6-11/h2-8,10H,9H2,1H3. The van der Waals surface area contributed by atoms with E-state index in [1.807, 2.05) is 6.07 Å². The Balaban J connectivity index is 1.62. The molecule has 0 aromatic carbocycles. The minimum absolute atomic E-state index is 0.0889. The summed E-state index contributed by atoms with van der Waals surface area (Å²) in [7, 11) is 0. The van der Waals surface area contributed by atoms with Gasteiger partial charge in [-0.3, -0.25) is 4.79 Å². The topological polar surface area (TPSA) is 87.1 Å². The van der Waals surface area contributed by atoms with Crippen molar-refractivity contribution in [3.63, 3.8) is 0 Å². The monoisotopic (exact) mass is 410 g/mol. The van der Waals surface area contributed by atoms with Crippen LogP contribution in [0.25, 0.3) is 11.3 Å². The highest BCUT2D eigenvalue weighted by atomic mass is 32.1. The van der Waals surface area contributed by atoms with Gasteiger partial charge in [0.25, 0.3) is 0 Å². The Hall–Kier alpha value is -3.08. The first-order valence-electron chi connectivity index (χ1n) is 7.90. The van der Waals surface area contributed by atoms with E-state index < -0.39 is 12.8 Å². The molecule has 0 fully saturated rings. The van der Waals surface area contributed by atoms with E-state index in [1.54, 1.807) is 6.92 Å². The second-order valence-corrected chi connectivity index (χ2v) is 6.39. The number of ether oxygens (including phenoxy) is 2. The molecule has 0 N–H and O–H groups in total. The van der Waals surface area contributed by atoms with Crippen LogP contribution in [0.2, 0.25) is 0 Å². The molecule has 0 radical (unpaired) electrons. The first-order chi connectivity index (χ1) is 13.3. The van der Waals surface area contributed by atoms with E-state index in [0.29, 0.717) is 23.3 Å². The molecule has 146 valence electrons. The lowest BCUT2D eigenvalue weighted by Crippen LogP contribution is -2.19. The van der Waals surface area contributed by atoms with Crippen LogP contribution >= 0.6 is 11.5 Å². The summed E-state index contributed by atoms with van der Waals surface area (Å²) >= 11 is 1.23. The fourth-order valence-electron chi connectivity index (χ4n) is 2.09. The highest BCUT2D eigenvalue weighted by molar-refractivity contribution is 7.06. The van der Waals surface area contributed by atoms with Gasteiger partial charge in [-0.2, -0.15) is 17.5 Å². The molecule has 0 aliphatic rings. The largest absolute Gasteiger partial charge is 0.484 e. The summed E-state index contributed by atoms with van der Waals surface area (Å²) in [6, 6.07) is 4.59. The molecule has 0 aliphatic heterocycles. The molecule has 3 heterocycles. The number of hydrogen-bond acceptors (Lipinski definition) is 8. The molecule has 28 heavy (non-hydrogen) atoms. The smallest absolute Gasteiger partial charge is 0.422 e. The van der Waals surface area contributed by atoms with Crippen LogP contribution in [0, 0.1) is 0 Å². The van der Waals surface area contributed by atoms with Gasteiger partial charge in [0.2, 0.25) is 5.88 Å². The minimum Gasteiger partial charge on any atom is -0.484 e. The second kappa shape index (κ2) is 8.30. The van der Waals surface area contributed by atoms with Gasteiger partial charge in [0.05, 0.1) is 16.8 Å².